The van der Waals surface area contributed by atoms with Crippen LogP contribution in [0.3, 0.4) is 0 Å². The summed E-state index contributed by atoms with van der Waals surface area (Å²) in [7, 11) is 0. The zero-order valence-corrected chi connectivity index (χ0v) is 25.7. The molecule has 0 aromatic heterocycles. The molecule has 0 atom stereocenters. The number of fused-ring (bicyclic) bond motifs is 2. The van der Waals surface area contributed by atoms with Gasteiger partial charge in [0, 0.05) is 0 Å². The van der Waals surface area contributed by atoms with Crippen molar-refractivity contribution in [2.45, 2.75) is 13.8 Å². The Morgan fingerprint density at radius 2 is 0.886 bits per heavy atom. The van der Waals surface area contributed by atoms with Crippen LogP contribution in [-0.2, 0) is 0 Å². The van der Waals surface area contributed by atoms with E-state index in [4.69, 9.17) is 0 Å². The first-order valence-electron chi connectivity index (χ1n) is 15.2. The van der Waals surface area contributed by atoms with E-state index in [0.717, 1.165) is 60.9 Å². The summed E-state index contributed by atoms with van der Waals surface area (Å²) in [6.07, 6.45) is 9.81. The molecule has 0 unspecified atom stereocenters. The molecule has 0 amide bonds. The lowest BCUT2D eigenvalue weighted by atomic mass is 9.76. The second-order valence-electron chi connectivity index (χ2n) is 10.2. The maximum atomic E-state index is 4.35. The van der Waals surface area contributed by atoms with Crippen molar-refractivity contribution in [2.75, 3.05) is 0 Å². The van der Waals surface area contributed by atoms with E-state index in [1.807, 2.05) is 38.2 Å². The molecule has 0 heteroatoms. The molecule has 0 saturated carbocycles. The van der Waals surface area contributed by atoms with E-state index in [1.54, 1.807) is 0 Å². The molecule has 0 aliphatic heterocycles. The molecule has 44 heavy (non-hydrogen) atoms. The zero-order valence-electron chi connectivity index (χ0n) is 25.7. The lowest BCUT2D eigenvalue weighted by Crippen LogP contribution is -2.02. The highest BCUT2D eigenvalue weighted by Gasteiger charge is 2.26. The zero-order chi connectivity index (χ0) is 31.1. The van der Waals surface area contributed by atoms with Gasteiger partial charge in [0.1, 0.15) is 0 Å². The SMILES string of the molecule is C=C/C=C(\C=C)c1c2ccccc2c(-c2ccccc2)c2c(-c3ccccc3)c(C=C)c(C=C)c(-c3ccccc3)c12.CC. The van der Waals surface area contributed by atoms with Gasteiger partial charge in [-0.2, -0.15) is 0 Å². The van der Waals surface area contributed by atoms with Crippen molar-refractivity contribution in [1.82, 2.24) is 0 Å². The van der Waals surface area contributed by atoms with Gasteiger partial charge in [0.2, 0.25) is 0 Å². The second kappa shape index (κ2) is 13.7. The molecule has 0 fully saturated rings. The monoisotopic (exact) mass is 566 g/mol. The van der Waals surface area contributed by atoms with E-state index in [0.29, 0.717) is 0 Å². The van der Waals surface area contributed by atoms with Crippen molar-refractivity contribution in [3.63, 3.8) is 0 Å². The smallest absolute Gasteiger partial charge is 0.000139 e. The van der Waals surface area contributed by atoms with Gasteiger partial charge in [-0.1, -0.05) is 186 Å². The number of rotatable bonds is 8. The molecule has 0 nitrogen and oxygen atoms in total. The largest absolute Gasteiger partial charge is 0.0990 e. The van der Waals surface area contributed by atoms with Crippen molar-refractivity contribution < 1.29 is 0 Å². The molecule has 6 rings (SSSR count). The van der Waals surface area contributed by atoms with Crippen LogP contribution in [-0.4, -0.2) is 0 Å². The first-order chi connectivity index (χ1) is 21.7. The normalized spacial score (nSPS) is 11.0. The molecule has 0 aliphatic rings. The number of hydrogen-bond donors (Lipinski definition) is 0. The van der Waals surface area contributed by atoms with Crippen molar-refractivity contribution in [3.8, 4) is 33.4 Å². The van der Waals surface area contributed by atoms with Crippen molar-refractivity contribution in [2.24, 2.45) is 0 Å². The van der Waals surface area contributed by atoms with Gasteiger partial charge in [-0.05, 0) is 77.2 Å². The number of allylic oxidation sites excluding steroid dienone is 4. The third-order valence-electron chi connectivity index (χ3n) is 7.95. The van der Waals surface area contributed by atoms with Crippen LogP contribution in [0.4, 0.5) is 0 Å². The van der Waals surface area contributed by atoms with Gasteiger partial charge in [0.05, 0.1) is 0 Å². The fourth-order valence-electron chi connectivity index (χ4n) is 6.30. The Morgan fingerprint density at radius 1 is 0.477 bits per heavy atom. The first-order valence-corrected chi connectivity index (χ1v) is 15.2. The topological polar surface area (TPSA) is 0 Å². The summed E-state index contributed by atoms with van der Waals surface area (Å²) in [5, 5.41) is 4.68. The Balaban J connectivity index is 0.00000188. The standard InChI is InChI=1S/C42H32.C2H6/c1-5-20-29(6-2)37-35-27-18-19-28-36(35)40(32-25-16-11-17-26-32)42-39(31-23-14-10-15-24-31)34(8-4)33(7-3)38(41(37)42)30-21-12-9-13-22-30;1-2/h5-28H,1-4H2;1-2H3/b29-20+;. The van der Waals surface area contributed by atoms with Crippen LogP contribution in [0.1, 0.15) is 30.5 Å². The fourth-order valence-corrected chi connectivity index (χ4v) is 6.30. The Kier molecular flexibility index (Phi) is 9.33. The number of benzene rings is 6. The minimum absolute atomic E-state index is 1.02. The van der Waals surface area contributed by atoms with Gasteiger partial charge in [-0.3, -0.25) is 0 Å². The molecule has 0 spiro atoms. The van der Waals surface area contributed by atoms with Crippen LogP contribution in [0.15, 0.2) is 160 Å². The lowest BCUT2D eigenvalue weighted by Gasteiger charge is -2.26. The van der Waals surface area contributed by atoms with Crippen LogP contribution in [0.25, 0.3) is 72.7 Å². The van der Waals surface area contributed by atoms with Crippen LogP contribution in [0, 0.1) is 0 Å². The third kappa shape index (κ3) is 5.16. The van der Waals surface area contributed by atoms with Gasteiger partial charge in [-0.25, -0.2) is 0 Å². The summed E-state index contributed by atoms with van der Waals surface area (Å²) in [5.41, 5.74) is 11.1. The Labute approximate surface area is 262 Å². The molecular weight excluding hydrogens is 528 g/mol. The fraction of sp³-hybridized carbons (Fsp3) is 0.0455. The molecule has 0 radical (unpaired) electrons. The van der Waals surface area contributed by atoms with Gasteiger partial charge >= 0.3 is 0 Å². The van der Waals surface area contributed by atoms with Crippen molar-refractivity contribution >= 4 is 39.3 Å². The molecule has 0 heterocycles. The molecule has 0 bridgehead atoms. The summed E-state index contributed by atoms with van der Waals surface area (Å²) in [6.45, 7) is 21.0. The molecular formula is C44H38. The average Bonchev–Trinajstić information content (AvgIpc) is 3.10. The number of hydrogen-bond acceptors (Lipinski definition) is 0. The van der Waals surface area contributed by atoms with E-state index in [9.17, 15) is 0 Å². The minimum Gasteiger partial charge on any atom is -0.0990 e. The maximum absolute atomic E-state index is 4.35. The van der Waals surface area contributed by atoms with E-state index >= 15 is 0 Å². The predicted molar refractivity (Wildman–Crippen MR) is 198 cm³/mol. The molecule has 0 N–H and O–H groups in total. The van der Waals surface area contributed by atoms with Crippen LogP contribution in [0.2, 0.25) is 0 Å². The Bertz CT molecular complexity index is 2000. The van der Waals surface area contributed by atoms with E-state index in [-0.39, 0.29) is 0 Å². The summed E-state index contributed by atoms with van der Waals surface area (Å²) in [6, 6.07) is 40.7. The van der Waals surface area contributed by atoms with Crippen molar-refractivity contribution in [1.29, 1.82) is 0 Å². The van der Waals surface area contributed by atoms with E-state index in [1.165, 1.54) is 16.3 Å². The quantitative estimate of drug-likeness (QED) is 0.127. The van der Waals surface area contributed by atoms with Crippen LogP contribution in [0.5, 0.6) is 0 Å². The Morgan fingerprint density at radius 3 is 1.32 bits per heavy atom. The lowest BCUT2D eigenvalue weighted by molar-refractivity contribution is 1.50. The van der Waals surface area contributed by atoms with Gasteiger partial charge in [0.25, 0.3) is 0 Å². The van der Waals surface area contributed by atoms with Crippen LogP contribution >= 0.6 is 0 Å². The van der Waals surface area contributed by atoms with E-state index in [2.05, 4.69) is 148 Å². The molecule has 0 saturated heterocycles. The highest BCUT2D eigenvalue weighted by molar-refractivity contribution is 6.28. The first kappa shape index (κ1) is 30.0. The highest BCUT2D eigenvalue weighted by Crippen LogP contribution is 2.52. The van der Waals surface area contributed by atoms with Crippen molar-refractivity contribution in [3.05, 3.63) is 176 Å². The maximum Gasteiger partial charge on any atom is -0.000139 e. The van der Waals surface area contributed by atoms with Gasteiger partial charge in [0.15, 0.2) is 0 Å². The third-order valence-corrected chi connectivity index (χ3v) is 7.95. The molecule has 214 valence electrons. The molecule has 6 aromatic carbocycles. The highest BCUT2D eigenvalue weighted by atomic mass is 14.3. The average molecular weight is 567 g/mol. The van der Waals surface area contributed by atoms with Gasteiger partial charge in [-0.15, -0.1) is 0 Å². The summed E-state index contributed by atoms with van der Waals surface area (Å²) in [5.74, 6) is 0. The van der Waals surface area contributed by atoms with Crippen LogP contribution < -0.4 is 0 Å². The summed E-state index contributed by atoms with van der Waals surface area (Å²) in [4.78, 5) is 0. The van der Waals surface area contributed by atoms with E-state index < -0.39 is 0 Å². The van der Waals surface area contributed by atoms with Gasteiger partial charge < -0.3 is 0 Å². The second-order valence-corrected chi connectivity index (χ2v) is 10.2. The summed E-state index contributed by atoms with van der Waals surface area (Å²) < 4.78 is 0. The predicted octanol–water partition coefficient (Wildman–Crippen LogP) is 13.1. The minimum atomic E-state index is 1.02. The molecule has 0 aliphatic carbocycles. The molecule has 6 aromatic rings. The summed E-state index contributed by atoms with van der Waals surface area (Å²) >= 11 is 0. The Hall–Kier alpha value is -5.46.